The first-order valence-electron chi connectivity index (χ1n) is 3.99. The summed E-state index contributed by atoms with van der Waals surface area (Å²) in [5.74, 6) is 0. The maximum atomic E-state index is 11.7. The quantitative estimate of drug-likeness (QED) is 0.581. The Balaban J connectivity index is 3.02. The van der Waals surface area contributed by atoms with Crippen molar-refractivity contribution in [2.45, 2.75) is 44.7 Å². The molecular formula is C8H15N2OSe. The van der Waals surface area contributed by atoms with Crippen molar-refractivity contribution in [2.75, 3.05) is 0 Å². The molecule has 0 spiro atoms. The molecule has 1 aliphatic heterocycles. The van der Waals surface area contributed by atoms with E-state index in [4.69, 9.17) is 0 Å². The molecule has 0 aromatic rings. The van der Waals surface area contributed by atoms with Crippen LogP contribution in [0.1, 0.15) is 34.6 Å². The van der Waals surface area contributed by atoms with E-state index in [1.165, 1.54) is 0 Å². The molecule has 0 unspecified atom stereocenters. The topological polar surface area (TPSA) is 35.5 Å². The molecule has 4 heteroatoms. The van der Waals surface area contributed by atoms with Gasteiger partial charge in [0.15, 0.2) is 0 Å². The fourth-order valence-electron chi connectivity index (χ4n) is 1.52. The van der Waals surface area contributed by atoms with E-state index >= 15 is 0 Å². The van der Waals surface area contributed by atoms with E-state index in [9.17, 15) is 5.21 Å². The Bertz CT molecular complexity index is 223. The Hall–Kier alpha value is 0.109. The minimum atomic E-state index is -0.576. The van der Waals surface area contributed by atoms with Crippen LogP contribution >= 0.6 is 0 Å². The van der Waals surface area contributed by atoms with Crippen molar-refractivity contribution in [2.24, 2.45) is 4.99 Å². The monoisotopic (exact) mass is 235 g/mol. The van der Waals surface area contributed by atoms with Crippen LogP contribution in [0, 0.1) is 0 Å². The second-order valence-electron chi connectivity index (χ2n) is 3.97. The first-order chi connectivity index (χ1) is 5.26. The molecule has 69 valence electrons. The Morgan fingerprint density at radius 2 is 1.83 bits per heavy atom. The van der Waals surface area contributed by atoms with Crippen molar-refractivity contribution >= 4 is 19.6 Å². The van der Waals surface area contributed by atoms with Gasteiger partial charge >= 0.3 is 79.5 Å². The molecule has 1 aliphatic rings. The average Bonchev–Trinajstić information content (AvgIpc) is 1.80. The van der Waals surface area contributed by atoms with Crippen molar-refractivity contribution in [3.8, 4) is 0 Å². The summed E-state index contributed by atoms with van der Waals surface area (Å²) in [7, 11) is 0. The normalized spacial score (nSPS) is 28.3. The summed E-state index contributed by atoms with van der Waals surface area (Å²) in [6.07, 6.45) is 0. The van der Waals surface area contributed by atoms with Crippen molar-refractivity contribution in [3.63, 3.8) is 0 Å². The Labute approximate surface area is 80.0 Å². The van der Waals surface area contributed by atoms with Crippen LogP contribution in [0.4, 0.5) is 0 Å². The summed E-state index contributed by atoms with van der Waals surface area (Å²) < 4.78 is 0.882. The summed E-state index contributed by atoms with van der Waals surface area (Å²) in [6.45, 7) is 9.71. The third-order valence-electron chi connectivity index (χ3n) is 1.81. The molecule has 0 aromatic carbocycles. The van der Waals surface area contributed by atoms with Gasteiger partial charge in [-0.3, -0.25) is 0 Å². The zero-order valence-electron chi connectivity index (χ0n) is 8.21. The molecule has 0 atom stereocenters. The Kier molecular flexibility index (Phi) is 2.38. The number of rotatable bonds is 0. The molecule has 1 radical (unpaired) electrons. The first-order valence-corrected chi connectivity index (χ1v) is 5.70. The number of nitrogens with zero attached hydrogens (tertiary/aromatic N) is 2. The van der Waals surface area contributed by atoms with E-state index in [0.29, 0.717) is 0 Å². The Morgan fingerprint density at radius 1 is 1.33 bits per heavy atom. The fourth-order valence-corrected chi connectivity index (χ4v) is 4.24. The molecule has 0 saturated heterocycles. The van der Waals surface area contributed by atoms with Crippen LogP contribution in [-0.4, -0.2) is 34.7 Å². The van der Waals surface area contributed by atoms with Crippen LogP contribution in [0.5, 0.6) is 0 Å². The molecule has 0 fully saturated rings. The molecule has 0 saturated carbocycles. The molecule has 1 heterocycles. The predicted molar refractivity (Wildman–Crippen MR) is 49.5 cm³/mol. The van der Waals surface area contributed by atoms with Gasteiger partial charge in [0.25, 0.3) is 0 Å². The molecule has 12 heavy (non-hydrogen) atoms. The molecule has 0 amide bonds. The van der Waals surface area contributed by atoms with Crippen LogP contribution < -0.4 is 0 Å². The molecule has 0 bridgehead atoms. The summed E-state index contributed by atoms with van der Waals surface area (Å²) in [5, 5.41) is 12.9. The summed E-state index contributed by atoms with van der Waals surface area (Å²) >= 11 is 0.199. The van der Waals surface area contributed by atoms with Gasteiger partial charge in [0.05, 0.1) is 0 Å². The summed E-state index contributed by atoms with van der Waals surface area (Å²) in [6, 6.07) is 0. The number of hydrogen-bond donors (Lipinski definition) is 0. The van der Waals surface area contributed by atoms with Gasteiger partial charge in [-0.25, -0.2) is 0 Å². The zero-order valence-corrected chi connectivity index (χ0v) is 9.92. The predicted octanol–water partition coefficient (Wildman–Crippen LogP) is 1.24. The van der Waals surface area contributed by atoms with E-state index in [-0.39, 0.29) is 19.4 Å². The molecule has 0 aliphatic carbocycles. The van der Waals surface area contributed by atoms with E-state index in [2.05, 4.69) is 4.99 Å². The van der Waals surface area contributed by atoms with Crippen LogP contribution in [-0.2, 0) is 5.21 Å². The number of aliphatic imine (C=N–C) groups is 1. The van der Waals surface area contributed by atoms with E-state index in [1.54, 1.807) is 0 Å². The first kappa shape index (κ1) is 10.2. The van der Waals surface area contributed by atoms with Gasteiger partial charge in [-0.15, -0.1) is 0 Å². The van der Waals surface area contributed by atoms with Gasteiger partial charge in [0, 0.05) is 0 Å². The van der Waals surface area contributed by atoms with Crippen molar-refractivity contribution in [1.29, 1.82) is 0 Å². The van der Waals surface area contributed by atoms with Gasteiger partial charge in [0.2, 0.25) is 0 Å². The third kappa shape index (κ3) is 1.72. The van der Waals surface area contributed by atoms with Gasteiger partial charge in [-0.1, -0.05) is 0 Å². The standard InChI is InChI=1S/C8H15N2OSe/c1-6-9-7(2,3)10(11)8(4,5)12-6/h1-5H3. The zero-order chi connectivity index (χ0) is 9.57. The molecule has 3 nitrogen and oxygen atoms in total. The van der Waals surface area contributed by atoms with Crippen molar-refractivity contribution in [1.82, 2.24) is 5.06 Å². The van der Waals surface area contributed by atoms with Gasteiger partial charge < -0.3 is 0 Å². The van der Waals surface area contributed by atoms with E-state index in [0.717, 1.165) is 9.67 Å². The average molecular weight is 234 g/mol. The SMILES string of the molecule is CC1=NC(C)(C)N([O])C(C)(C)[Se]1. The molecular weight excluding hydrogens is 219 g/mol. The van der Waals surface area contributed by atoms with Crippen molar-refractivity contribution < 1.29 is 5.21 Å². The minimum absolute atomic E-state index is 0.199. The van der Waals surface area contributed by atoms with Gasteiger partial charge in [-0.05, 0) is 0 Å². The maximum absolute atomic E-state index is 11.7. The third-order valence-corrected chi connectivity index (χ3v) is 4.02. The van der Waals surface area contributed by atoms with Crippen LogP contribution in [0.3, 0.4) is 0 Å². The van der Waals surface area contributed by atoms with Crippen LogP contribution in [0.25, 0.3) is 0 Å². The number of hydroxylamine groups is 2. The summed E-state index contributed by atoms with van der Waals surface area (Å²) in [4.78, 5) is 4.35. The van der Waals surface area contributed by atoms with Crippen molar-refractivity contribution in [3.05, 3.63) is 0 Å². The summed E-state index contributed by atoms with van der Waals surface area (Å²) in [5.41, 5.74) is -0.576. The fraction of sp³-hybridized carbons (Fsp3) is 0.875. The second-order valence-corrected chi connectivity index (χ2v) is 7.73. The van der Waals surface area contributed by atoms with E-state index in [1.807, 2.05) is 34.6 Å². The molecule has 0 N–H and O–H groups in total. The molecule has 1 rings (SSSR count). The van der Waals surface area contributed by atoms with E-state index < -0.39 is 5.66 Å². The number of hydrogen-bond acceptors (Lipinski definition) is 2. The van der Waals surface area contributed by atoms with Crippen LogP contribution in [0.15, 0.2) is 4.99 Å². The van der Waals surface area contributed by atoms with Crippen LogP contribution in [0.2, 0.25) is 0 Å². The Morgan fingerprint density at radius 3 is 2.25 bits per heavy atom. The molecule has 0 aromatic heterocycles. The van der Waals surface area contributed by atoms with Gasteiger partial charge in [-0.2, -0.15) is 0 Å². The second kappa shape index (κ2) is 2.81. The van der Waals surface area contributed by atoms with Gasteiger partial charge in [0.1, 0.15) is 0 Å².